The van der Waals surface area contributed by atoms with Crippen LogP contribution in [0.2, 0.25) is 0 Å². The number of esters is 1. The Kier molecular flexibility index (Phi) is 4.35. The number of hydrogen-bond donors (Lipinski definition) is 1. The van der Waals surface area contributed by atoms with E-state index in [4.69, 9.17) is 4.74 Å². The Balaban J connectivity index is 2.71. The maximum atomic E-state index is 13.7. The molecule has 118 valence electrons. The number of aromatic nitrogens is 1. The van der Waals surface area contributed by atoms with E-state index in [1.165, 1.54) is 19.2 Å². The van der Waals surface area contributed by atoms with Gasteiger partial charge in [-0.1, -0.05) is 0 Å². The van der Waals surface area contributed by atoms with Gasteiger partial charge in [-0.25, -0.2) is 4.39 Å². The summed E-state index contributed by atoms with van der Waals surface area (Å²) >= 11 is 0. The molecule has 0 spiro atoms. The fourth-order valence-corrected chi connectivity index (χ4v) is 2.35. The minimum atomic E-state index is -0.349. The molecule has 2 aromatic rings. The molecule has 2 rings (SSSR count). The zero-order chi connectivity index (χ0) is 16.5. The van der Waals surface area contributed by atoms with Crippen molar-refractivity contribution in [2.75, 3.05) is 12.4 Å². The molecule has 0 aliphatic carbocycles. The van der Waals surface area contributed by atoms with Gasteiger partial charge in [-0.3, -0.25) is 9.78 Å². The third kappa shape index (κ3) is 3.53. The van der Waals surface area contributed by atoms with Crippen molar-refractivity contribution in [3.63, 3.8) is 0 Å². The molecule has 0 aliphatic rings. The first-order valence-corrected chi connectivity index (χ1v) is 7.15. The molecule has 0 atom stereocenters. The van der Waals surface area contributed by atoms with Crippen LogP contribution in [0.3, 0.4) is 0 Å². The first kappa shape index (κ1) is 16.2. The molecule has 0 radical (unpaired) electrons. The summed E-state index contributed by atoms with van der Waals surface area (Å²) in [5, 5.41) is 4.04. The SMILES string of the molecule is COC(=O)Cc1c(C)nc2ccc(F)cc2c1NC(C)(C)C. The van der Waals surface area contributed by atoms with Crippen LogP contribution in [0.5, 0.6) is 0 Å². The molecular weight excluding hydrogens is 283 g/mol. The predicted octanol–water partition coefficient (Wildman–Crippen LogP) is 3.61. The molecule has 1 aromatic heterocycles. The molecule has 1 N–H and O–H groups in total. The molecule has 4 nitrogen and oxygen atoms in total. The van der Waals surface area contributed by atoms with Crippen molar-refractivity contribution in [3.8, 4) is 0 Å². The number of carbonyl (C=O) groups excluding carboxylic acids is 1. The smallest absolute Gasteiger partial charge is 0.310 e. The molecule has 0 amide bonds. The highest BCUT2D eigenvalue weighted by molar-refractivity contribution is 5.95. The van der Waals surface area contributed by atoms with Gasteiger partial charge in [-0.05, 0) is 45.9 Å². The molecule has 0 bridgehead atoms. The van der Waals surface area contributed by atoms with E-state index in [9.17, 15) is 9.18 Å². The van der Waals surface area contributed by atoms with Gasteiger partial charge in [-0.2, -0.15) is 0 Å². The van der Waals surface area contributed by atoms with Gasteiger partial charge in [0.05, 0.1) is 19.0 Å². The largest absolute Gasteiger partial charge is 0.469 e. The van der Waals surface area contributed by atoms with Gasteiger partial charge in [0, 0.05) is 27.9 Å². The zero-order valence-electron chi connectivity index (χ0n) is 13.6. The van der Waals surface area contributed by atoms with E-state index in [-0.39, 0.29) is 23.7 Å². The number of aryl methyl sites for hydroxylation is 1. The van der Waals surface area contributed by atoms with E-state index in [0.717, 1.165) is 16.9 Å². The molecule has 1 aromatic carbocycles. The van der Waals surface area contributed by atoms with Crippen molar-refractivity contribution in [3.05, 3.63) is 35.3 Å². The summed E-state index contributed by atoms with van der Waals surface area (Å²) in [6, 6.07) is 4.47. The maximum Gasteiger partial charge on any atom is 0.310 e. The van der Waals surface area contributed by atoms with E-state index in [0.29, 0.717) is 10.9 Å². The summed E-state index contributed by atoms with van der Waals surface area (Å²) in [4.78, 5) is 16.2. The minimum Gasteiger partial charge on any atom is -0.469 e. The van der Waals surface area contributed by atoms with Crippen LogP contribution in [-0.2, 0) is 16.0 Å². The number of anilines is 1. The average molecular weight is 304 g/mol. The highest BCUT2D eigenvalue weighted by Gasteiger charge is 2.20. The summed E-state index contributed by atoms with van der Waals surface area (Å²) in [7, 11) is 1.35. The molecule has 0 fully saturated rings. The van der Waals surface area contributed by atoms with E-state index in [1.54, 1.807) is 6.07 Å². The predicted molar refractivity (Wildman–Crippen MR) is 85.5 cm³/mol. The Morgan fingerprint density at radius 1 is 1.36 bits per heavy atom. The fourth-order valence-electron chi connectivity index (χ4n) is 2.35. The lowest BCUT2D eigenvalue weighted by atomic mass is 10.00. The van der Waals surface area contributed by atoms with Crippen LogP contribution in [0, 0.1) is 12.7 Å². The van der Waals surface area contributed by atoms with Crippen LogP contribution in [0.4, 0.5) is 10.1 Å². The Labute approximate surface area is 129 Å². The number of rotatable bonds is 3. The van der Waals surface area contributed by atoms with Gasteiger partial charge >= 0.3 is 5.97 Å². The molecule has 0 saturated carbocycles. The minimum absolute atomic E-state index is 0.0974. The van der Waals surface area contributed by atoms with Crippen molar-refractivity contribution < 1.29 is 13.9 Å². The number of fused-ring (bicyclic) bond motifs is 1. The van der Waals surface area contributed by atoms with Crippen molar-refractivity contribution >= 4 is 22.6 Å². The lowest BCUT2D eigenvalue weighted by Gasteiger charge is -2.26. The molecule has 5 heteroatoms. The summed E-state index contributed by atoms with van der Waals surface area (Å²) in [6.07, 6.45) is 0.0974. The number of halogens is 1. The normalized spacial score (nSPS) is 11.5. The molecular formula is C17H21FN2O2. The quantitative estimate of drug-likeness (QED) is 0.880. The average Bonchev–Trinajstić information content (AvgIpc) is 2.42. The van der Waals surface area contributed by atoms with Gasteiger partial charge in [0.25, 0.3) is 0 Å². The van der Waals surface area contributed by atoms with Crippen LogP contribution in [0.15, 0.2) is 18.2 Å². The van der Waals surface area contributed by atoms with Gasteiger partial charge in [0.1, 0.15) is 5.82 Å². The second kappa shape index (κ2) is 5.91. The van der Waals surface area contributed by atoms with Crippen molar-refractivity contribution in [1.29, 1.82) is 0 Å². The van der Waals surface area contributed by atoms with Crippen LogP contribution in [0.1, 0.15) is 32.0 Å². The summed E-state index contributed by atoms with van der Waals surface area (Å²) in [5.41, 5.74) is 2.66. The third-order valence-corrected chi connectivity index (χ3v) is 3.30. The lowest BCUT2D eigenvalue weighted by Crippen LogP contribution is -2.27. The Hall–Kier alpha value is -2.17. The Morgan fingerprint density at radius 2 is 2.05 bits per heavy atom. The van der Waals surface area contributed by atoms with Crippen molar-refractivity contribution in [1.82, 2.24) is 4.98 Å². The van der Waals surface area contributed by atoms with Crippen LogP contribution in [0.25, 0.3) is 10.9 Å². The van der Waals surface area contributed by atoms with Crippen molar-refractivity contribution in [2.24, 2.45) is 0 Å². The second-order valence-corrected chi connectivity index (χ2v) is 6.34. The van der Waals surface area contributed by atoms with Crippen LogP contribution < -0.4 is 5.32 Å². The number of nitrogens with one attached hydrogen (secondary N) is 1. The zero-order valence-corrected chi connectivity index (χ0v) is 13.6. The van der Waals surface area contributed by atoms with E-state index in [1.807, 2.05) is 27.7 Å². The van der Waals surface area contributed by atoms with Crippen molar-refractivity contribution in [2.45, 2.75) is 39.7 Å². The summed E-state index contributed by atoms with van der Waals surface area (Å²) in [5.74, 6) is -0.684. The molecule has 1 heterocycles. The number of nitrogens with zero attached hydrogens (tertiary/aromatic N) is 1. The number of benzene rings is 1. The standard InChI is InChI=1S/C17H21FN2O2/c1-10-12(9-15(21)22-5)16(20-17(2,3)4)13-8-11(18)6-7-14(13)19-10/h6-8H,9H2,1-5H3,(H,19,20). The molecule has 0 aliphatic heterocycles. The third-order valence-electron chi connectivity index (χ3n) is 3.30. The number of pyridine rings is 1. The fraction of sp³-hybridized carbons (Fsp3) is 0.412. The van der Waals surface area contributed by atoms with Crippen LogP contribution in [-0.4, -0.2) is 23.6 Å². The first-order valence-electron chi connectivity index (χ1n) is 7.15. The van der Waals surface area contributed by atoms with Gasteiger partial charge < -0.3 is 10.1 Å². The summed E-state index contributed by atoms with van der Waals surface area (Å²) < 4.78 is 18.4. The number of ether oxygens (including phenoxy) is 1. The number of carbonyl (C=O) groups is 1. The van der Waals surface area contributed by atoms with Crippen LogP contribution >= 0.6 is 0 Å². The van der Waals surface area contributed by atoms with E-state index >= 15 is 0 Å². The topological polar surface area (TPSA) is 51.2 Å². The first-order chi connectivity index (χ1) is 10.2. The second-order valence-electron chi connectivity index (χ2n) is 6.34. The van der Waals surface area contributed by atoms with Gasteiger partial charge in [0.2, 0.25) is 0 Å². The Bertz CT molecular complexity index is 721. The molecule has 0 saturated heterocycles. The van der Waals surface area contributed by atoms with Gasteiger partial charge in [0.15, 0.2) is 0 Å². The highest BCUT2D eigenvalue weighted by Crippen LogP contribution is 2.31. The molecule has 0 unspecified atom stereocenters. The van der Waals surface area contributed by atoms with E-state index < -0.39 is 0 Å². The van der Waals surface area contributed by atoms with Gasteiger partial charge in [-0.15, -0.1) is 0 Å². The number of hydrogen-bond acceptors (Lipinski definition) is 4. The lowest BCUT2D eigenvalue weighted by molar-refractivity contribution is -0.139. The number of methoxy groups -OCH3 is 1. The Morgan fingerprint density at radius 3 is 2.64 bits per heavy atom. The maximum absolute atomic E-state index is 13.7. The van der Waals surface area contributed by atoms with E-state index in [2.05, 4.69) is 10.3 Å². The summed E-state index contributed by atoms with van der Waals surface area (Å²) in [6.45, 7) is 7.87. The highest BCUT2D eigenvalue weighted by atomic mass is 19.1. The molecule has 22 heavy (non-hydrogen) atoms. The monoisotopic (exact) mass is 304 g/mol.